The number of aryl methyl sites for hydroxylation is 1. The van der Waals surface area contributed by atoms with Crippen LogP contribution in [0.1, 0.15) is 61.3 Å². The van der Waals surface area contributed by atoms with Crippen LogP contribution < -0.4 is 0 Å². The molecule has 0 spiro atoms. The summed E-state index contributed by atoms with van der Waals surface area (Å²) in [6.07, 6.45) is 8.20. The van der Waals surface area contributed by atoms with Crippen molar-refractivity contribution in [1.82, 2.24) is 4.90 Å². The van der Waals surface area contributed by atoms with E-state index in [2.05, 4.69) is 35.2 Å². The van der Waals surface area contributed by atoms with Crippen LogP contribution in [0.25, 0.3) is 0 Å². The third-order valence-corrected chi connectivity index (χ3v) is 5.89. The summed E-state index contributed by atoms with van der Waals surface area (Å²) in [6, 6.07) is 16.0. The lowest BCUT2D eigenvalue weighted by molar-refractivity contribution is 0.0890. The fourth-order valence-electron chi connectivity index (χ4n) is 4.00. The van der Waals surface area contributed by atoms with Gasteiger partial charge in [-0.2, -0.15) is 0 Å². The van der Waals surface area contributed by atoms with E-state index in [0.29, 0.717) is 12.3 Å². The molecule has 3 rings (SSSR count). The van der Waals surface area contributed by atoms with Gasteiger partial charge in [0, 0.05) is 31.9 Å². The van der Waals surface area contributed by atoms with Crippen LogP contribution in [0.15, 0.2) is 48.5 Å². The van der Waals surface area contributed by atoms with Gasteiger partial charge in [0.1, 0.15) is 5.75 Å². The van der Waals surface area contributed by atoms with Crippen LogP contribution >= 0.6 is 0 Å². The molecule has 1 fully saturated rings. The lowest BCUT2D eigenvalue weighted by Gasteiger charge is -2.14. The zero-order valence-corrected chi connectivity index (χ0v) is 18.5. The van der Waals surface area contributed by atoms with Gasteiger partial charge in [-0.3, -0.25) is 4.90 Å². The predicted molar refractivity (Wildman–Crippen MR) is 123 cm³/mol. The zero-order chi connectivity index (χ0) is 21.7. The molecule has 0 aliphatic carbocycles. The summed E-state index contributed by atoms with van der Waals surface area (Å²) in [7, 11) is 0. The Bertz CT molecular complexity index is 752. The quantitative estimate of drug-likeness (QED) is 0.424. The van der Waals surface area contributed by atoms with Crippen LogP contribution in [0.3, 0.4) is 0 Å². The Morgan fingerprint density at radius 2 is 1.71 bits per heavy atom. The molecule has 0 amide bonds. The molecule has 0 aromatic heterocycles. The Balaban J connectivity index is 1.16. The second-order valence-electron chi connectivity index (χ2n) is 8.38. The highest BCUT2D eigenvalue weighted by molar-refractivity contribution is 5.36. The van der Waals surface area contributed by atoms with E-state index in [9.17, 15) is 10.2 Å². The van der Waals surface area contributed by atoms with Crippen molar-refractivity contribution >= 4 is 0 Å². The summed E-state index contributed by atoms with van der Waals surface area (Å²) in [5.74, 6) is 0.136. The molecule has 5 heteroatoms. The Labute approximate surface area is 186 Å². The average molecular weight is 428 g/mol. The molecule has 170 valence electrons. The highest BCUT2D eigenvalue weighted by atomic mass is 16.5. The number of hydrogen-bond donors (Lipinski definition) is 2. The van der Waals surface area contributed by atoms with Crippen LogP contribution in [0.2, 0.25) is 0 Å². The van der Waals surface area contributed by atoms with Crippen molar-refractivity contribution in [3.8, 4) is 5.75 Å². The van der Waals surface area contributed by atoms with Crippen molar-refractivity contribution in [2.75, 3.05) is 33.0 Å². The molecule has 1 atom stereocenters. The van der Waals surface area contributed by atoms with Gasteiger partial charge in [0.25, 0.3) is 0 Å². The molecule has 1 aliphatic rings. The molecule has 2 aromatic rings. The molecule has 0 bridgehead atoms. The predicted octanol–water partition coefficient (Wildman–Crippen LogP) is 4.82. The molecule has 0 radical (unpaired) electrons. The first kappa shape index (κ1) is 23.7. The number of rotatable bonds is 14. The maximum atomic E-state index is 9.71. The van der Waals surface area contributed by atoms with Crippen LogP contribution in [0, 0.1) is 0 Å². The van der Waals surface area contributed by atoms with Crippen molar-refractivity contribution in [3.63, 3.8) is 0 Å². The van der Waals surface area contributed by atoms with Gasteiger partial charge in [-0.05, 0) is 55.4 Å². The molecular weight excluding hydrogens is 390 g/mol. The summed E-state index contributed by atoms with van der Waals surface area (Å²) in [5.41, 5.74) is 2.98. The Kier molecular flexibility index (Phi) is 10.3. The first-order chi connectivity index (χ1) is 15.3. The Hall–Kier alpha value is -1.92. The van der Waals surface area contributed by atoms with E-state index < -0.39 is 0 Å². The van der Waals surface area contributed by atoms with Crippen molar-refractivity contribution in [2.45, 2.75) is 57.7 Å². The highest BCUT2D eigenvalue weighted by Crippen LogP contribution is 2.28. The van der Waals surface area contributed by atoms with Crippen LogP contribution in [-0.2, 0) is 22.5 Å². The zero-order valence-electron chi connectivity index (χ0n) is 18.5. The molecule has 31 heavy (non-hydrogen) atoms. The molecule has 1 heterocycles. The smallest absolute Gasteiger partial charge is 0.121 e. The van der Waals surface area contributed by atoms with Crippen molar-refractivity contribution in [1.29, 1.82) is 0 Å². The molecule has 2 aromatic carbocycles. The summed E-state index contributed by atoms with van der Waals surface area (Å²) in [6.45, 7) is 4.13. The van der Waals surface area contributed by atoms with Gasteiger partial charge < -0.3 is 19.7 Å². The number of ether oxygens (including phenoxy) is 2. The Morgan fingerprint density at radius 3 is 2.52 bits per heavy atom. The molecular formula is C26H37NO4. The largest absolute Gasteiger partial charge is 0.508 e. The third-order valence-electron chi connectivity index (χ3n) is 5.89. The number of phenols is 1. The number of aliphatic hydroxyl groups is 1. The minimum absolute atomic E-state index is 0.0150. The second kappa shape index (κ2) is 13.5. The normalized spacial score (nSPS) is 16.7. The summed E-state index contributed by atoms with van der Waals surface area (Å²) >= 11 is 0. The van der Waals surface area contributed by atoms with Gasteiger partial charge >= 0.3 is 0 Å². The van der Waals surface area contributed by atoms with Crippen LogP contribution in [0.5, 0.6) is 5.75 Å². The number of unbranched alkanes of at least 4 members (excludes halogenated alkanes) is 4. The van der Waals surface area contributed by atoms with E-state index in [1.165, 1.54) is 31.2 Å². The van der Waals surface area contributed by atoms with Gasteiger partial charge in [0.05, 0.1) is 19.4 Å². The minimum Gasteiger partial charge on any atom is -0.508 e. The first-order valence-electron chi connectivity index (χ1n) is 11.6. The maximum absolute atomic E-state index is 9.71. The summed E-state index contributed by atoms with van der Waals surface area (Å²) < 4.78 is 11.7. The number of benzene rings is 2. The van der Waals surface area contributed by atoms with Crippen molar-refractivity contribution in [3.05, 3.63) is 65.2 Å². The highest BCUT2D eigenvalue weighted by Gasteiger charge is 2.24. The molecule has 2 N–H and O–H groups in total. The van der Waals surface area contributed by atoms with E-state index in [-0.39, 0.29) is 18.5 Å². The number of aromatic hydroxyl groups is 1. The van der Waals surface area contributed by atoms with Crippen LogP contribution in [0.4, 0.5) is 0 Å². The number of nitrogens with zero attached hydrogens (tertiary/aromatic N) is 1. The fourth-order valence-corrected chi connectivity index (χ4v) is 4.00. The molecule has 1 unspecified atom stereocenters. The van der Waals surface area contributed by atoms with Gasteiger partial charge in [0.2, 0.25) is 0 Å². The minimum atomic E-state index is -0.159. The SMILES string of the molecule is OCc1cc(C2CN(CCCCCCOCCCCc3ccccc3)CO2)ccc1O. The fraction of sp³-hybridized carbons (Fsp3) is 0.538. The molecule has 0 saturated carbocycles. The van der Waals surface area contributed by atoms with Crippen LogP contribution in [-0.4, -0.2) is 48.1 Å². The lowest BCUT2D eigenvalue weighted by atomic mass is 10.1. The van der Waals surface area contributed by atoms with E-state index in [1.807, 2.05) is 12.1 Å². The van der Waals surface area contributed by atoms with Gasteiger partial charge in [-0.1, -0.05) is 49.2 Å². The van der Waals surface area contributed by atoms with E-state index >= 15 is 0 Å². The topological polar surface area (TPSA) is 62.2 Å². The first-order valence-corrected chi connectivity index (χ1v) is 11.6. The van der Waals surface area contributed by atoms with E-state index in [0.717, 1.165) is 51.1 Å². The van der Waals surface area contributed by atoms with Gasteiger partial charge in [-0.25, -0.2) is 0 Å². The lowest BCUT2D eigenvalue weighted by Crippen LogP contribution is -2.21. The molecule has 1 saturated heterocycles. The van der Waals surface area contributed by atoms with Gasteiger partial charge in [-0.15, -0.1) is 0 Å². The summed E-state index contributed by atoms with van der Waals surface area (Å²) in [4.78, 5) is 2.33. The second-order valence-corrected chi connectivity index (χ2v) is 8.38. The molecule has 5 nitrogen and oxygen atoms in total. The third kappa shape index (κ3) is 8.26. The van der Waals surface area contributed by atoms with Gasteiger partial charge in [0.15, 0.2) is 0 Å². The Morgan fingerprint density at radius 1 is 0.935 bits per heavy atom. The van der Waals surface area contributed by atoms with E-state index in [1.54, 1.807) is 6.07 Å². The monoisotopic (exact) mass is 427 g/mol. The average Bonchev–Trinajstić information content (AvgIpc) is 3.27. The van der Waals surface area contributed by atoms with E-state index in [4.69, 9.17) is 9.47 Å². The van der Waals surface area contributed by atoms with Crippen molar-refractivity contribution < 1.29 is 19.7 Å². The molecule has 1 aliphatic heterocycles. The standard InChI is InChI=1S/C26H37NO4/c28-20-24-18-23(13-14-25(24)29)26-19-27(21-31-26)15-7-1-2-8-16-30-17-9-6-12-22-10-4-3-5-11-22/h3-5,10-11,13-14,18,26,28-29H,1-2,6-9,12,15-17,19-21H2. The summed E-state index contributed by atoms with van der Waals surface area (Å²) in [5, 5.41) is 19.0. The number of aliphatic hydroxyl groups excluding tert-OH is 1. The maximum Gasteiger partial charge on any atom is 0.121 e. The number of hydrogen-bond acceptors (Lipinski definition) is 5. The van der Waals surface area contributed by atoms with Crippen molar-refractivity contribution in [2.24, 2.45) is 0 Å².